The summed E-state index contributed by atoms with van der Waals surface area (Å²) in [5, 5.41) is 11.4. The van der Waals surface area contributed by atoms with E-state index in [4.69, 9.17) is 11.2 Å². The lowest BCUT2D eigenvalue weighted by Gasteiger charge is -2.21. The molecule has 0 aliphatic carbocycles. The molecule has 146 valence electrons. The van der Waals surface area contributed by atoms with Crippen LogP contribution in [0.4, 0.5) is 0 Å². The fraction of sp³-hybridized carbons (Fsp3) is 0.160. The molecule has 0 saturated heterocycles. The van der Waals surface area contributed by atoms with Crippen LogP contribution in [0.1, 0.15) is 22.4 Å². The maximum Gasteiger partial charge on any atom is 0.307 e. The zero-order valence-corrected chi connectivity index (χ0v) is 16.4. The Labute approximate surface area is 173 Å². The number of hydrogen-bond donors (Lipinski definition) is 1. The fourth-order valence-corrected chi connectivity index (χ4v) is 4.32. The number of carboxylic acid groups (broad SMARTS) is 1. The lowest BCUT2D eigenvalue weighted by Crippen LogP contribution is -2.10. The Bertz CT molecular complexity index is 1390. The van der Waals surface area contributed by atoms with Crippen LogP contribution < -0.4 is 4.74 Å². The monoisotopic (exact) mass is 394 g/mol. The SMILES string of the molecule is C#Cc1ccc2c(-c3ccc4c5c(ccnc35)CCO4)c(CC(=O)O)c(C)cc2n1. The average Bonchev–Trinajstić information content (AvgIpc) is 2.75. The molecule has 30 heavy (non-hydrogen) atoms. The van der Waals surface area contributed by atoms with E-state index in [1.807, 2.05) is 37.3 Å². The van der Waals surface area contributed by atoms with Gasteiger partial charge in [0.2, 0.25) is 0 Å². The first-order valence-electron chi connectivity index (χ1n) is 9.72. The third-order valence-electron chi connectivity index (χ3n) is 5.64. The molecule has 0 spiro atoms. The Kier molecular flexibility index (Phi) is 4.14. The van der Waals surface area contributed by atoms with Gasteiger partial charge in [-0.3, -0.25) is 9.78 Å². The Hall–Kier alpha value is -3.91. The van der Waals surface area contributed by atoms with Crippen molar-refractivity contribution in [1.29, 1.82) is 0 Å². The maximum absolute atomic E-state index is 11.7. The maximum atomic E-state index is 11.7. The van der Waals surface area contributed by atoms with Gasteiger partial charge in [-0.15, -0.1) is 6.42 Å². The van der Waals surface area contributed by atoms with Gasteiger partial charge in [0.25, 0.3) is 0 Å². The summed E-state index contributed by atoms with van der Waals surface area (Å²) in [6.07, 6.45) is 8.07. The number of benzene rings is 2. The van der Waals surface area contributed by atoms with E-state index in [9.17, 15) is 9.90 Å². The molecule has 1 aliphatic heterocycles. The number of pyridine rings is 2. The normalized spacial score (nSPS) is 12.5. The minimum Gasteiger partial charge on any atom is -0.493 e. The summed E-state index contributed by atoms with van der Waals surface area (Å²) in [7, 11) is 0. The summed E-state index contributed by atoms with van der Waals surface area (Å²) >= 11 is 0. The van der Waals surface area contributed by atoms with Gasteiger partial charge in [-0.25, -0.2) is 4.98 Å². The lowest BCUT2D eigenvalue weighted by molar-refractivity contribution is -0.136. The van der Waals surface area contributed by atoms with Gasteiger partial charge >= 0.3 is 5.97 Å². The largest absolute Gasteiger partial charge is 0.493 e. The van der Waals surface area contributed by atoms with Crippen LogP contribution >= 0.6 is 0 Å². The smallest absolute Gasteiger partial charge is 0.307 e. The molecule has 0 radical (unpaired) electrons. The molecule has 0 unspecified atom stereocenters. The second kappa shape index (κ2) is 6.85. The number of fused-ring (bicyclic) bond motifs is 1. The minimum atomic E-state index is -0.883. The molecule has 2 aromatic carbocycles. The third-order valence-corrected chi connectivity index (χ3v) is 5.64. The van der Waals surface area contributed by atoms with E-state index in [-0.39, 0.29) is 6.42 Å². The summed E-state index contributed by atoms with van der Waals surface area (Å²) in [4.78, 5) is 20.9. The Morgan fingerprint density at radius 1 is 1.27 bits per heavy atom. The number of carbonyl (C=O) groups is 1. The van der Waals surface area contributed by atoms with Gasteiger partial charge in [0.1, 0.15) is 11.4 Å². The van der Waals surface area contributed by atoms with Crippen molar-refractivity contribution >= 4 is 27.8 Å². The number of terminal acetylenes is 1. The number of rotatable bonds is 3. The molecule has 2 aromatic heterocycles. The Morgan fingerprint density at radius 2 is 2.13 bits per heavy atom. The molecule has 5 rings (SSSR count). The number of aryl methyl sites for hydroxylation is 1. The third kappa shape index (κ3) is 2.77. The van der Waals surface area contributed by atoms with E-state index in [0.29, 0.717) is 12.3 Å². The van der Waals surface area contributed by atoms with Crippen LogP contribution in [0.15, 0.2) is 42.6 Å². The van der Waals surface area contributed by atoms with Gasteiger partial charge in [-0.2, -0.15) is 0 Å². The molecule has 5 heteroatoms. The topological polar surface area (TPSA) is 72.3 Å². The van der Waals surface area contributed by atoms with E-state index in [1.54, 1.807) is 12.3 Å². The summed E-state index contributed by atoms with van der Waals surface area (Å²) in [5.41, 5.74) is 6.61. The van der Waals surface area contributed by atoms with E-state index >= 15 is 0 Å². The van der Waals surface area contributed by atoms with Gasteiger partial charge in [0, 0.05) is 29.0 Å². The Balaban J connectivity index is 1.92. The minimum absolute atomic E-state index is 0.0898. The molecule has 4 aromatic rings. The van der Waals surface area contributed by atoms with Crippen LogP contribution in [0.3, 0.4) is 0 Å². The zero-order valence-electron chi connectivity index (χ0n) is 16.4. The van der Waals surface area contributed by atoms with Crippen molar-refractivity contribution in [3.8, 4) is 29.2 Å². The first-order chi connectivity index (χ1) is 14.6. The van der Waals surface area contributed by atoms with Crippen LogP contribution in [-0.2, 0) is 17.6 Å². The van der Waals surface area contributed by atoms with Crippen molar-refractivity contribution < 1.29 is 14.6 Å². The number of carboxylic acids is 1. The average molecular weight is 394 g/mol. The van der Waals surface area contributed by atoms with E-state index in [0.717, 1.165) is 56.2 Å². The molecule has 3 heterocycles. The summed E-state index contributed by atoms with van der Waals surface area (Å²) in [5.74, 6) is 2.50. The highest BCUT2D eigenvalue weighted by Crippen LogP contribution is 2.42. The van der Waals surface area contributed by atoms with Crippen LogP contribution in [0.5, 0.6) is 5.75 Å². The van der Waals surface area contributed by atoms with Crippen molar-refractivity contribution in [2.75, 3.05) is 6.61 Å². The van der Waals surface area contributed by atoms with Crippen LogP contribution in [0.25, 0.3) is 32.9 Å². The number of hydrogen-bond acceptors (Lipinski definition) is 4. The van der Waals surface area contributed by atoms with Crippen molar-refractivity contribution in [3.05, 3.63) is 65.0 Å². The number of aliphatic carboxylic acids is 1. The first-order valence-corrected chi connectivity index (χ1v) is 9.72. The molecule has 1 aliphatic rings. The van der Waals surface area contributed by atoms with E-state index < -0.39 is 5.97 Å². The van der Waals surface area contributed by atoms with Gasteiger partial charge in [-0.05, 0) is 65.6 Å². The highest BCUT2D eigenvalue weighted by Gasteiger charge is 2.22. The number of nitrogens with zero attached hydrogens (tertiary/aromatic N) is 2. The van der Waals surface area contributed by atoms with Gasteiger partial charge in [0.05, 0.1) is 24.1 Å². The lowest BCUT2D eigenvalue weighted by atomic mass is 9.88. The highest BCUT2D eigenvalue weighted by atomic mass is 16.5. The van der Waals surface area contributed by atoms with Gasteiger partial charge in [-0.1, -0.05) is 5.92 Å². The zero-order chi connectivity index (χ0) is 20.8. The van der Waals surface area contributed by atoms with Crippen molar-refractivity contribution in [2.45, 2.75) is 19.8 Å². The van der Waals surface area contributed by atoms with E-state index in [2.05, 4.69) is 15.9 Å². The number of ether oxygens (including phenoxy) is 1. The molecular weight excluding hydrogens is 376 g/mol. The molecule has 0 saturated carbocycles. The molecule has 0 bridgehead atoms. The van der Waals surface area contributed by atoms with Crippen LogP contribution in [0, 0.1) is 19.3 Å². The first kappa shape index (κ1) is 18.1. The van der Waals surface area contributed by atoms with Crippen molar-refractivity contribution in [3.63, 3.8) is 0 Å². The predicted octanol–water partition coefficient (Wildman–Crippen LogP) is 4.30. The summed E-state index contributed by atoms with van der Waals surface area (Å²) in [6.45, 7) is 2.55. The van der Waals surface area contributed by atoms with Crippen molar-refractivity contribution in [2.24, 2.45) is 0 Å². The quantitative estimate of drug-likeness (QED) is 0.525. The second-order valence-corrected chi connectivity index (χ2v) is 7.43. The number of aromatic nitrogens is 2. The molecule has 0 atom stereocenters. The highest BCUT2D eigenvalue weighted by molar-refractivity contribution is 6.07. The second-order valence-electron chi connectivity index (χ2n) is 7.43. The standard InChI is InChI=1S/C25H18N2O3/c1-3-16-4-5-17-20(27-16)12-14(2)19(13-22(28)29)24(17)18-6-7-21-23-15(9-11-30-21)8-10-26-25(18)23/h1,4-8,10,12H,9,11,13H2,2H3,(H,28,29). The fourth-order valence-electron chi connectivity index (χ4n) is 4.32. The summed E-state index contributed by atoms with van der Waals surface area (Å²) in [6, 6.07) is 11.5. The Morgan fingerprint density at radius 3 is 2.93 bits per heavy atom. The molecule has 0 fully saturated rings. The van der Waals surface area contributed by atoms with Crippen LogP contribution in [-0.4, -0.2) is 27.7 Å². The molecular formula is C25H18N2O3. The van der Waals surface area contributed by atoms with Gasteiger partial charge < -0.3 is 9.84 Å². The molecule has 0 amide bonds. The predicted molar refractivity (Wildman–Crippen MR) is 116 cm³/mol. The summed E-state index contributed by atoms with van der Waals surface area (Å²) < 4.78 is 5.85. The molecule has 1 N–H and O–H groups in total. The van der Waals surface area contributed by atoms with Crippen LogP contribution in [0.2, 0.25) is 0 Å². The van der Waals surface area contributed by atoms with Crippen molar-refractivity contribution in [1.82, 2.24) is 9.97 Å². The molecule has 5 nitrogen and oxygen atoms in total. The van der Waals surface area contributed by atoms with Gasteiger partial charge in [0.15, 0.2) is 0 Å². The van der Waals surface area contributed by atoms with E-state index in [1.165, 1.54) is 5.56 Å².